The van der Waals surface area contributed by atoms with Gasteiger partial charge in [0.1, 0.15) is 6.67 Å². The molecule has 0 aromatic carbocycles. The van der Waals surface area contributed by atoms with Gasteiger partial charge in [0.05, 0.1) is 5.92 Å². The van der Waals surface area contributed by atoms with E-state index >= 15 is 0 Å². The summed E-state index contributed by atoms with van der Waals surface area (Å²) in [6.07, 6.45) is 5.59. The molecule has 9 atom stereocenters. The summed E-state index contributed by atoms with van der Waals surface area (Å²) in [6.45, 7) is 2.23. The fourth-order valence-corrected chi connectivity index (χ4v) is 8.63. The summed E-state index contributed by atoms with van der Waals surface area (Å²) in [7, 11) is 0. The first-order chi connectivity index (χ1) is 12.7. The van der Waals surface area contributed by atoms with Gasteiger partial charge in [-0.15, -0.1) is 0 Å². The SMILES string of the molecule is CC12CCC3C4CCC(C(F)(F)F)CC4CCC3C1CCC2CC(I)CF. The highest BCUT2D eigenvalue weighted by atomic mass is 127. The Balaban J connectivity index is 1.46. The van der Waals surface area contributed by atoms with Crippen molar-refractivity contribution in [2.45, 2.75) is 81.2 Å². The van der Waals surface area contributed by atoms with Crippen molar-refractivity contribution in [3.8, 4) is 0 Å². The smallest absolute Gasteiger partial charge is 0.250 e. The quantitative estimate of drug-likeness (QED) is 0.213. The Kier molecular flexibility index (Phi) is 5.84. The number of halogens is 5. The van der Waals surface area contributed by atoms with Gasteiger partial charge in [0.25, 0.3) is 0 Å². The van der Waals surface area contributed by atoms with Gasteiger partial charge in [0.2, 0.25) is 0 Å². The molecule has 4 rings (SSSR count). The van der Waals surface area contributed by atoms with Crippen molar-refractivity contribution in [2.24, 2.45) is 46.8 Å². The summed E-state index contributed by atoms with van der Waals surface area (Å²) >= 11 is 2.27. The molecule has 0 saturated heterocycles. The molecule has 0 spiro atoms. The van der Waals surface area contributed by atoms with Gasteiger partial charge in [-0.3, -0.25) is 0 Å². The van der Waals surface area contributed by atoms with Crippen molar-refractivity contribution < 1.29 is 17.6 Å². The van der Waals surface area contributed by atoms with Gasteiger partial charge in [-0.25, -0.2) is 4.39 Å². The minimum Gasteiger partial charge on any atom is -0.250 e. The lowest BCUT2D eigenvalue weighted by atomic mass is 9.49. The van der Waals surface area contributed by atoms with Crippen LogP contribution in [0.15, 0.2) is 0 Å². The first-order valence-corrected chi connectivity index (χ1v) is 12.2. The molecule has 4 aliphatic carbocycles. The molecule has 4 fully saturated rings. The molecule has 9 unspecified atom stereocenters. The Morgan fingerprint density at radius 3 is 2.41 bits per heavy atom. The van der Waals surface area contributed by atoms with E-state index in [-0.39, 0.29) is 10.6 Å². The minimum atomic E-state index is -4.00. The van der Waals surface area contributed by atoms with Gasteiger partial charge in [0.15, 0.2) is 0 Å². The molecular weight excluding hydrogens is 467 g/mol. The lowest BCUT2D eigenvalue weighted by molar-refractivity contribution is -0.196. The van der Waals surface area contributed by atoms with E-state index in [1.807, 2.05) is 0 Å². The Hall–Kier alpha value is 0.450. The highest BCUT2D eigenvalue weighted by molar-refractivity contribution is 14.1. The molecule has 0 radical (unpaired) electrons. The largest absolute Gasteiger partial charge is 0.391 e. The zero-order chi connectivity index (χ0) is 19.4. The van der Waals surface area contributed by atoms with Gasteiger partial charge in [-0.1, -0.05) is 29.5 Å². The molecule has 156 valence electrons. The van der Waals surface area contributed by atoms with Crippen LogP contribution in [0.4, 0.5) is 17.6 Å². The average molecular weight is 500 g/mol. The molecule has 0 heterocycles. The normalized spacial score (nSPS) is 48.4. The third-order valence-electron chi connectivity index (χ3n) is 9.32. The lowest BCUT2D eigenvalue weighted by Gasteiger charge is -2.56. The molecule has 5 heteroatoms. The standard InChI is InChI=1S/C22H33F4I/c1-21-9-8-18-17-6-3-15(22(24,25)26)10-13(17)2-5-19(18)20(21)7-4-14(21)11-16(27)12-23/h13-20H,2-12H2,1H3. The Morgan fingerprint density at radius 1 is 0.963 bits per heavy atom. The highest BCUT2D eigenvalue weighted by Crippen LogP contribution is 2.65. The van der Waals surface area contributed by atoms with Crippen molar-refractivity contribution in [3.63, 3.8) is 0 Å². The first-order valence-electron chi connectivity index (χ1n) is 11.0. The van der Waals surface area contributed by atoms with E-state index in [1.165, 1.54) is 25.7 Å². The van der Waals surface area contributed by atoms with Gasteiger partial charge >= 0.3 is 6.18 Å². The maximum absolute atomic E-state index is 13.2. The van der Waals surface area contributed by atoms with Crippen molar-refractivity contribution in [3.05, 3.63) is 0 Å². The number of hydrogen-bond acceptors (Lipinski definition) is 0. The van der Waals surface area contributed by atoms with Crippen LogP contribution in [0.2, 0.25) is 0 Å². The summed E-state index contributed by atoms with van der Waals surface area (Å²) in [5, 5.41) is 0. The molecule has 0 aliphatic heterocycles. The maximum atomic E-state index is 13.2. The third kappa shape index (κ3) is 3.69. The second-order valence-corrected chi connectivity index (χ2v) is 12.1. The summed E-state index contributed by atoms with van der Waals surface area (Å²) in [5.74, 6) is 2.53. The van der Waals surface area contributed by atoms with E-state index in [0.29, 0.717) is 41.9 Å². The molecule has 0 bridgehead atoms. The predicted octanol–water partition coefficient (Wildman–Crippen LogP) is 7.60. The van der Waals surface area contributed by atoms with Crippen molar-refractivity contribution in [1.29, 1.82) is 0 Å². The number of hydrogen-bond donors (Lipinski definition) is 0. The minimum absolute atomic E-state index is 0.134. The molecule has 0 aromatic heterocycles. The molecule has 4 saturated carbocycles. The predicted molar refractivity (Wildman–Crippen MR) is 109 cm³/mol. The van der Waals surface area contributed by atoms with Crippen molar-refractivity contribution in [2.75, 3.05) is 6.67 Å². The molecule has 27 heavy (non-hydrogen) atoms. The molecule has 4 aliphatic rings. The number of rotatable bonds is 3. The monoisotopic (exact) mass is 500 g/mol. The second-order valence-electron chi connectivity index (χ2n) is 10.3. The summed E-state index contributed by atoms with van der Waals surface area (Å²) in [4.78, 5) is 0. The fraction of sp³-hybridized carbons (Fsp3) is 1.00. The summed E-state index contributed by atoms with van der Waals surface area (Å²) in [6, 6.07) is 0. The van der Waals surface area contributed by atoms with Crippen LogP contribution >= 0.6 is 22.6 Å². The van der Waals surface area contributed by atoms with E-state index in [4.69, 9.17) is 0 Å². The Morgan fingerprint density at radius 2 is 1.70 bits per heavy atom. The number of fused-ring (bicyclic) bond motifs is 5. The lowest BCUT2D eigenvalue weighted by Crippen LogP contribution is -2.49. The fourth-order valence-electron chi connectivity index (χ4n) is 8.02. The van der Waals surface area contributed by atoms with E-state index < -0.39 is 12.1 Å². The Labute approximate surface area is 174 Å². The molecule has 0 amide bonds. The number of alkyl halides is 5. The van der Waals surface area contributed by atoms with Crippen LogP contribution in [0.1, 0.15) is 71.1 Å². The molecule has 0 nitrogen and oxygen atoms in total. The summed E-state index contributed by atoms with van der Waals surface area (Å²) < 4.78 is 52.8. The van der Waals surface area contributed by atoms with Crippen molar-refractivity contribution in [1.82, 2.24) is 0 Å². The highest BCUT2D eigenvalue weighted by Gasteiger charge is 2.57. The molecule has 0 N–H and O–H groups in total. The Bertz CT molecular complexity index is 535. The first kappa shape index (κ1) is 20.7. The van der Waals surface area contributed by atoms with Crippen molar-refractivity contribution >= 4 is 22.6 Å². The van der Waals surface area contributed by atoms with Crippen LogP contribution < -0.4 is 0 Å². The van der Waals surface area contributed by atoms with Crippen LogP contribution in [0.3, 0.4) is 0 Å². The van der Waals surface area contributed by atoms with Gasteiger partial charge in [-0.05, 0) is 105 Å². The van der Waals surface area contributed by atoms with Crippen LogP contribution in [0, 0.1) is 46.8 Å². The van der Waals surface area contributed by atoms with E-state index in [2.05, 4.69) is 29.5 Å². The average Bonchev–Trinajstić information content (AvgIpc) is 2.96. The van der Waals surface area contributed by atoms with Crippen LogP contribution in [-0.4, -0.2) is 16.8 Å². The van der Waals surface area contributed by atoms with Gasteiger partial charge in [-0.2, -0.15) is 13.2 Å². The van der Waals surface area contributed by atoms with E-state index in [0.717, 1.165) is 37.5 Å². The van der Waals surface area contributed by atoms with Gasteiger partial charge in [0, 0.05) is 3.92 Å². The maximum Gasteiger partial charge on any atom is 0.391 e. The molecule has 0 aromatic rings. The van der Waals surface area contributed by atoms with Crippen LogP contribution in [0.5, 0.6) is 0 Å². The van der Waals surface area contributed by atoms with Crippen LogP contribution in [0.25, 0.3) is 0 Å². The summed E-state index contributed by atoms with van der Waals surface area (Å²) in [5.41, 5.74) is 0.343. The van der Waals surface area contributed by atoms with Crippen LogP contribution in [-0.2, 0) is 0 Å². The topological polar surface area (TPSA) is 0 Å². The third-order valence-corrected chi connectivity index (χ3v) is 10.2. The van der Waals surface area contributed by atoms with Gasteiger partial charge < -0.3 is 0 Å². The van der Waals surface area contributed by atoms with E-state index in [1.54, 1.807) is 0 Å². The van der Waals surface area contributed by atoms with E-state index in [9.17, 15) is 17.6 Å². The second kappa shape index (κ2) is 7.61. The molecular formula is C22H33F4I. The zero-order valence-corrected chi connectivity index (χ0v) is 18.4. The zero-order valence-electron chi connectivity index (χ0n) is 16.3.